The summed E-state index contributed by atoms with van der Waals surface area (Å²) in [6.07, 6.45) is 3.00. The van der Waals surface area contributed by atoms with Crippen molar-refractivity contribution >= 4 is 5.69 Å². The standard InChI is InChI=1S/C15H21NO3/c1-11-2-3-12(16)8-14(11)19-13-4-6-18-15(9-13)5-7-17-10-15/h2-3,8,13H,4-7,9-10,16H2,1H3. The molecule has 1 aromatic carbocycles. The van der Waals surface area contributed by atoms with Crippen molar-refractivity contribution in [2.24, 2.45) is 0 Å². The number of hydrogen-bond donors (Lipinski definition) is 1. The molecule has 2 aliphatic rings. The SMILES string of the molecule is Cc1ccc(N)cc1OC1CCOC2(CCOC2)C1. The molecule has 0 aliphatic carbocycles. The summed E-state index contributed by atoms with van der Waals surface area (Å²) >= 11 is 0. The van der Waals surface area contributed by atoms with E-state index in [4.69, 9.17) is 19.9 Å². The van der Waals surface area contributed by atoms with Crippen molar-refractivity contribution in [1.29, 1.82) is 0 Å². The van der Waals surface area contributed by atoms with Gasteiger partial charge < -0.3 is 19.9 Å². The summed E-state index contributed by atoms with van der Waals surface area (Å²) in [5.41, 5.74) is 7.57. The molecule has 0 amide bonds. The van der Waals surface area contributed by atoms with Crippen molar-refractivity contribution in [2.75, 3.05) is 25.6 Å². The minimum Gasteiger partial charge on any atom is -0.490 e. The summed E-state index contributed by atoms with van der Waals surface area (Å²) in [7, 11) is 0. The largest absolute Gasteiger partial charge is 0.490 e. The molecule has 1 aromatic rings. The molecule has 19 heavy (non-hydrogen) atoms. The quantitative estimate of drug-likeness (QED) is 0.832. The summed E-state index contributed by atoms with van der Waals surface area (Å²) in [4.78, 5) is 0. The zero-order valence-electron chi connectivity index (χ0n) is 11.4. The monoisotopic (exact) mass is 263 g/mol. The van der Waals surface area contributed by atoms with E-state index in [0.717, 1.165) is 49.5 Å². The summed E-state index contributed by atoms with van der Waals surface area (Å²) in [5.74, 6) is 0.890. The van der Waals surface area contributed by atoms with Crippen LogP contribution in [-0.4, -0.2) is 31.5 Å². The summed E-state index contributed by atoms with van der Waals surface area (Å²) in [6, 6.07) is 5.81. The number of nitrogen functional groups attached to an aromatic ring is 1. The lowest BCUT2D eigenvalue weighted by molar-refractivity contribution is -0.112. The van der Waals surface area contributed by atoms with E-state index in [2.05, 4.69) is 0 Å². The lowest BCUT2D eigenvalue weighted by Crippen LogP contribution is -2.44. The first-order valence-electron chi connectivity index (χ1n) is 6.91. The van der Waals surface area contributed by atoms with Gasteiger partial charge in [0.1, 0.15) is 11.9 Å². The first-order chi connectivity index (χ1) is 9.17. The van der Waals surface area contributed by atoms with Crippen molar-refractivity contribution in [3.8, 4) is 5.75 Å². The third kappa shape index (κ3) is 2.69. The third-order valence-corrected chi connectivity index (χ3v) is 4.02. The Kier molecular flexibility index (Phi) is 3.37. The van der Waals surface area contributed by atoms with E-state index in [-0.39, 0.29) is 11.7 Å². The van der Waals surface area contributed by atoms with Crippen molar-refractivity contribution in [2.45, 2.75) is 37.9 Å². The fourth-order valence-electron chi connectivity index (χ4n) is 2.87. The van der Waals surface area contributed by atoms with Gasteiger partial charge in [0.25, 0.3) is 0 Å². The highest BCUT2D eigenvalue weighted by Crippen LogP contribution is 2.35. The molecule has 1 spiro atoms. The lowest BCUT2D eigenvalue weighted by atomic mass is 9.91. The maximum absolute atomic E-state index is 6.14. The fourth-order valence-corrected chi connectivity index (χ4v) is 2.87. The Bertz CT molecular complexity index is 455. The van der Waals surface area contributed by atoms with Gasteiger partial charge in [0.2, 0.25) is 0 Å². The Morgan fingerprint density at radius 2 is 2.26 bits per heavy atom. The minimum atomic E-state index is -0.114. The lowest BCUT2D eigenvalue weighted by Gasteiger charge is -2.37. The van der Waals surface area contributed by atoms with Crippen LogP contribution in [0.4, 0.5) is 5.69 Å². The molecular formula is C15H21NO3. The number of ether oxygens (including phenoxy) is 3. The van der Waals surface area contributed by atoms with Gasteiger partial charge in [-0.1, -0.05) is 6.07 Å². The van der Waals surface area contributed by atoms with Crippen LogP contribution in [0, 0.1) is 6.92 Å². The van der Waals surface area contributed by atoms with E-state index in [0.29, 0.717) is 6.61 Å². The van der Waals surface area contributed by atoms with Gasteiger partial charge in [0.05, 0.1) is 18.8 Å². The van der Waals surface area contributed by atoms with E-state index in [1.807, 2.05) is 25.1 Å². The second kappa shape index (κ2) is 5.02. The second-order valence-electron chi connectivity index (χ2n) is 5.59. The molecule has 2 aliphatic heterocycles. The average Bonchev–Trinajstić information content (AvgIpc) is 2.82. The highest BCUT2D eigenvalue weighted by Gasteiger charge is 2.41. The van der Waals surface area contributed by atoms with Crippen molar-refractivity contribution in [1.82, 2.24) is 0 Å². The summed E-state index contributed by atoms with van der Waals surface area (Å²) in [6.45, 7) is 4.28. The average molecular weight is 263 g/mol. The van der Waals surface area contributed by atoms with E-state index in [1.165, 1.54) is 0 Å². The Morgan fingerprint density at radius 3 is 3.05 bits per heavy atom. The maximum atomic E-state index is 6.14. The van der Waals surface area contributed by atoms with E-state index >= 15 is 0 Å². The van der Waals surface area contributed by atoms with Crippen LogP contribution in [0.25, 0.3) is 0 Å². The van der Waals surface area contributed by atoms with Crippen LogP contribution in [0.2, 0.25) is 0 Å². The number of anilines is 1. The zero-order chi connectivity index (χ0) is 13.3. The summed E-state index contributed by atoms with van der Waals surface area (Å²) < 4.78 is 17.5. The first-order valence-corrected chi connectivity index (χ1v) is 6.91. The molecule has 2 unspecified atom stereocenters. The van der Waals surface area contributed by atoms with Gasteiger partial charge in [0.15, 0.2) is 0 Å². The van der Waals surface area contributed by atoms with Gasteiger partial charge in [-0.2, -0.15) is 0 Å². The highest BCUT2D eigenvalue weighted by molar-refractivity contribution is 5.48. The Hall–Kier alpha value is -1.26. The molecule has 0 saturated carbocycles. The molecule has 0 bridgehead atoms. The molecule has 2 heterocycles. The predicted octanol–water partition coefficient (Wildman–Crippen LogP) is 2.29. The van der Waals surface area contributed by atoms with E-state index in [1.54, 1.807) is 0 Å². The number of rotatable bonds is 2. The van der Waals surface area contributed by atoms with Crippen molar-refractivity contribution in [3.63, 3.8) is 0 Å². The van der Waals surface area contributed by atoms with Crippen LogP contribution in [0.3, 0.4) is 0 Å². The second-order valence-corrected chi connectivity index (χ2v) is 5.59. The maximum Gasteiger partial charge on any atom is 0.124 e. The number of nitrogens with two attached hydrogens (primary N) is 1. The van der Waals surface area contributed by atoms with Crippen LogP contribution in [0.5, 0.6) is 5.75 Å². The van der Waals surface area contributed by atoms with Crippen LogP contribution < -0.4 is 10.5 Å². The number of hydrogen-bond acceptors (Lipinski definition) is 4. The molecule has 4 nitrogen and oxygen atoms in total. The Balaban J connectivity index is 1.70. The molecule has 2 N–H and O–H groups in total. The molecule has 2 fully saturated rings. The van der Waals surface area contributed by atoms with Gasteiger partial charge in [-0.25, -0.2) is 0 Å². The van der Waals surface area contributed by atoms with Crippen molar-refractivity contribution in [3.05, 3.63) is 23.8 Å². The molecular weight excluding hydrogens is 242 g/mol. The van der Waals surface area contributed by atoms with Crippen LogP contribution in [0.1, 0.15) is 24.8 Å². The summed E-state index contributed by atoms with van der Waals surface area (Å²) in [5, 5.41) is 0. The highest BCUT2D eigenvalue weighted by atomic mass is 16.6. The van der Waals surface area contributed by atoms with Gasteiger partial charge in [-0.05, 0) is 18.6 Å². The van der Waals surface area contributed by atoms with Crippen molar-refractivity contribution < 1.29 is 14.2 Å². The number of benzene rings is 1. The first kappa shape index (κ1) is 12.8. The predicted molar refractivity (Wildman–Crippen MR) is 73.4 cm³/mol. The molecule has 4 heteroatoms. The van der Waals surface area contributed by atoms with E-state index in [9.17, 15) is 0 Å². The van der Waals surface area contributed by atoms with Gasteiger partial charge in [-0.3, -0.25) is 0 Å². The number of aryl methyl sites for hydroxylation is 1. The Morgan fingerprint density at radius 1 is 1.37 bits per heavy atom. The van der Waals surface area contributed by atoms with Gasteiger partial charge in [0, 0.05) is 37.6 Å². The van der Waals surface area contributed by atoms with Gasteiger partial charge >= 0.3 is 0 Å². The minimum absolute atomic E-state index is 0.114. The normalized spacial score (nSPS) is 30.7. The van der Waals surface area contributed by atoms with Crippen LogP contribution in [0.15, 0.2) is 18.2 Å². The molecule has 3 rings (SSSR count). The molecule has 2 saturated heterocycles. The fraction of sp³-hybridized carbons (Fsp3) is 0.600. The topological polar surface area (TPSA) is 53.7 Å². The smallest absolute Gasteiger partial charge is 0.124 e. The zero-order valence-corrected chi connectivity index (χ0v) is 11.4. The van der Waals surface area contributed by atoms with Crippen LogP contribution in [-0.2, 0) is 9.47 Å². The molecule has 0 radical (unpaired) electrons. The Labute approximate surface area is 113 Å². The molecule has 104 valence electrons. The van der Waals surface area contributed by atoms with Crippen LogP contribution >= 0.6 is 0 Å². The molecule has 2 atom stereocenters. The van der Waals surface area contributed by atoms with Gasteiger partial charge in [-0.15, -0.1) is 0 Å². The van der Waals surface area contributed by atoms with E-state index < -0.39 is 0 Å². The molecule has 0 aromatic heterocycles. The third-order valence-electron chi connectivity index (χ3n) is 4.02.